The lowest BCUT2D eigenvalue weighted by Gasteiger charge is -2.23. The van der Waals surface area contributed by atoms with E-state index in [1.54, 1.807) is 6.92 Å². The lowest BCUT2D eigenvalue weighted by molar-refractivity contribution is -0.122. The van der Waals surface area contributed by atoms with E-state index >= 15 is 0 Å². The number of hydrogen-bond acceptors (Lipinski definition) is 3. The van der Waals surface area contributed by atoms with Gasteiger partial charge >= 0.3 is 6.09 Å². The summed E-state index contributed by atoms with van der Waals surface area (Å²) in [4.78, 5) is 24.1. The molecule has 0 saturated heterocycles. The molecule has 1 atom stereocenters. The molecule has 0 aromatic heterocycles. The Morgan fingerprint density at radius 1 is 1.33 bits per heavy atom. The van der Waals surface area contributed by atoms with Gasteiger partial charge in [-0.2, -0.15) is 0 Å². The quantitative estimate of drug-likeness (QED) is 0.861. The van der Waals surface area contributed by atoms with Gasteiger partial charge in [-0.15, -0.1) is 0 Å². The zero-order chi connectivity index (χ0) is 13.5. The van der Waals surface area contributed by atoms with Crippen LogP contribution >= 0.6 is 0 Å². The minimum absolute atomic E-state index is 0.180. The van der Waals surface area contributed by atoms with E-state index in [9.17, 15) is 9.59 Å². The minimum Gasteiger partial charge on any atom is -0.445 e. The van der Waals surface area contributed by atoms with Crippen molar-refractivity contribution in [2.45, 2.75) is 26.0 Å². The van der Waals surface area contributed by atoms with Crippen LogP contribution in [0.4, 0.5) is 4.79 Å². The van der Waals surface area contributed by atoms with Crippen molar-refractivity contribution < 1.29 is 14.3 Å². The van der Waals surface area contributed by atoms with E-state index < -0.39 is 18.0 Å². The van der Waals surface area contributed by atoms with Gasteiger partial charge in [-0.05, 0) is 12.0 Å². The maximum Gasteiger partial charge on any atom is 0.410 e. The molecule has 98 valence electrons. The number of nitrogens with zero attached hydrogens (tertiary/aromatic N) is 1. The molecule has 2 amide bonds. The van der Waals surface area contributed by atoms with Crippen LogP contribution in [0.2, 0.25) is 0 Å². The van der Waals surface area contributed by atoms with Gasteiger partial charge in [0.1, 0.15) is 12.6 Å². The summed E-state index contributed by atoms with van der Waals surface area (Å²) in [5, 5.41) is 0. The van der Waals surface area contributed by atoms with Crippen molar-refractivity contribution in [2.24, 2.45) is 5.73 Å². The third-order valence-corrected chi connectivity index (χ3v) is 2.68. The number of primary amides is 1. The van der Waals surface area contributed by atoms with Crippen molar-refractivity contribution in [1.82, 2.24) is 4.90 Å². The average molecular weight is 250 g/mol. The molecule has 0 spiro atoms. The van der Waals surface area contributed by atoms with Gasteiger partial charge in [0.05, 0.1) is 0 Å². The normalized spacial score (nSPS) is 11.7. The van der Waals surface area contributed by atoms with Crippen LogP contribution in [0, 0.1) is 0 Å². The van der Waals surface area contributed by atoms with Gasteiger partial charge in [0.2, 0.25) is 5.91 Å². The summed E-state index contributed by atoms with van der Waals surface area (Å²) >= 11 is 0. The fraction of sp³-hybridized carbons (Fsp3) is 0.385. The molecule has 1 aromatic rings. The van der Waals surface area contributed by atoms with E-state index in [1.165, 1.54) is 11.9 Å². The Labute approximate surface area is 107 Å². The molecule has 1 rings (SSSR count). The number of benzene rings is 1. The molecule has 0 radical (unpaired) electrons. The molecule has 0 bridgehead atoms. The number of carbonyl (C=O) groups is 2. The Morgan fingerprint density at radius 3 is 2.44 bits per heavy atom. The largest absolute Gasteiger partial charge is 0.445 e. The third-order valence-electron chi connectivity index (χ3n) is 2.68. The highest BCUT2D eigenvalue weighted by atomic mass is 16.6. The first-order valence-corrected chi connectivity index (χ1v) is 5.79. The SMILES string of the molecule is CC[C@H](C(N)=O)N(C)C(=O)OCc1ccccc1. The molecule has 0 unspecified atom stereocenters. The van der Waals surface area contributed by atoms with Gasteiger partial charge in [-0.1, -0.05) is 37.3 Å². The summed E-state index contributed by atoms with van der Waals surface area (Å²) in [6.07, 6.45) is -0.0868. The van der Waals surface area contributed by atoms with Crippen molar-refractivity contribution >= 4 is 12.0 Å². The van der Waals surface area contributed by atoms with Crippen LogP contribution in [0.5, 0.6) is 0 Å². The van der Waals surface area contributed by atoms with Crippen LogP contribution in [-0.4, -0.2) is 30.0 Å². The molecule has 0 aliphatic carbocycles. The van der Waals surface area contributed by atoms with Crippen molar-refractivity contribution in [1.29, 1.82) is 0 Å². The van der Waals surface area contributed by atoms with Crippen molar-refractivity contribution in [3.63, 3.8) is 0 Å². The zero-order valence-electron chi connectivity index (χ0n) is 10.6. The van der Waals surface area contributed by atoms with Gasteiger partial charge in [-0.25, -0.2) is 4.79 Å². The lowest BCUT2D eigenvalue weighted by atomic mass is 10.2. The highest BCUT2D eigenvalue weighted by molar-refractivity contribution is 5.84. The second-order valence-corrected chi connectivity index (χ2v) is 3.98. The number of amides is 2. The summed E-state index contributed by atoms with van der Waals surface area (Å²) in [5.41, 5.74) is 6.10. The highest BCUT2D eigenvalue weighted by Crippen LogP contribution is 2.06. The Morgan fingerprint density at radius 2 is 1.94 bits per heavy atom. The molecule has 2 N–H and O–H groups in total. The van der Waals surface area contributed by atoms with E-state index in [1.807, 2.05) is 30.3 Å². The minimum atomic E-state index is -0.631. The van der Waals surface area contributed by atoms with Gasteiger partial charge in [-0.3, -0.25) is 9.69 Å². The average Bonchev–Trinajstić information content (AvgIpc) is 2.37. The van der Waals surface area contributed by atoms with Crippen molar-refractivity contribution in [3.8, 4) is 0 Å². The number of nitrogens with two attached hydrogens (primary N) is 1. The Balaban J connectivity index is 2.52. The van der Waals surface area contributed by atoms with Crippen LogP contribution in [0.25, 0.3) is 0 Å². The fourth-order valence-corrected chi connectivity index (χ4v) is 1.61. The standard InChI is InChI=1S/C13H18N2O3/c1-3-11(12(14)16)15(2)13(17)18-9-10-7-5-4-6-8-10/h4-8,11H,3,9H2,1-2H3,(H2,14,16)/t11-/m1/s1. The molecule has 5 nitrogen and oxygen atoms in total. The molecule has 0 fully saturated rings. The predicted molar refractivity (Wildman–Crippen MR) is 67.7 cm³/mol. The van der Waals surface area contributed by atoms with E-state index in [4.69, 9.17) is 10.5 Å². The third kappa shape index (κ3) is 3.76. The Kier molecular flexibility index (Phi) is 5.17. The molecule has 1 aromatic carbocycles. The number of carbonyl (C=O) groups excluding carboxylic acids is 2. The van der Waals surface area contributed by atoms with Crippen LogP contribution in [-0.2, 0) is 16.1 Å². The Hall–Kier alpha value is -2.04. The first-order chi connectivity index (χ1) is 8.56. The first-order valence-electron chi connectivity index (χ1n) is 5.79. The second-order valence-electron chi connectivity index (χ2n) is 3.98. The summed E-state index contributed by atoms with van der Waals surface area (Å²) in [5.74, 6) is -0.531. The molecule has 0 saturated carbocycles. The molecule has 0 heterocycles. The molecular weight excluding hydrogens is 232 g/mol. The van der Waals surface area contributed by atoms with Gasteiger partial charge in [0, 0.05) is 7.05 Å². The summed E-state index contributed by atoms with van der Waals surface area (Å²) in [6, 6.07) is 8.71. The number of ether oxygens (including phenoxy) is 1. The molecule has 18 heavy (non-hydrogen) atoms. The summed E-state index contributed by atoms with van der Waals surface area (Å²) < 4.78 is 5.10. The number of rotatable bonds is 5. The van der Waals surface area contributed by atoms with Crippen LogP contribution in [0.3, 0.4) is 0 Å². The second kappa shape index (κ2) is 6.64. The van der Waals surface area contributed by atoms with E-state index in [2.05, 4.69) is 0 Å². The van der Waals surface area contributed by atoms with E-state index in [0.29, 0.717) is 6.42 Å². The summed E-state index contributed by atoms with van der Waals surface area (Å²) in [7, 11) is 1.51. The lowest BCUT2D eigenvalue weighted by Crippen LogP contribution is -2.45. The molecule has 0 aliphatic heterocycles. The topological polar surface area (TPSA) is 72.6 Å². The number of likely N-dealkylation sites (N-methyl/N-ethyl adjacent to an activating group) is 1. The molecule has 5 heteroatoms. The number of hydrogen-bond donors (Lipinski definition) is 1. The first kappa shape index (κ1) is 14.0. The van der Waals surface area contributed by atoms with E-state index in [0.717, 1.165) is 5.56 Å². The van der Waals surface area contributed by atoms with Gasteiger partial charge < -0.3 is 10.5 Å². The zero-order valence-corrected chi connectivity index (χ0v) is 10.6. The molecular formula is C13H18N2O3. The monoisotopic (exact) mass is 250 g/mol. The van der Waals surface area contributed by atoms with Crippen molar-refractivity contribution in [3.05, 3.63) is 35.9 Å². The predicted octanol–water partition coefficient (Wildman–Crippen LogP) is 1.52. The highest BCUT2D eigenvalue weighted by Gasteiger charge is 2.24. The maximum atomic E-state index is 11.7. The smallest absolute Gasteiger partial charge is 0.410 e. The van der Waals surface area contributed by atoms with Crippen LogP contribution < -0.4 is 5.73 Å². The van der Waals surface area contributed by atoms with Gasteiger partial charge in [0.15, 0.2) is 0 Å². The molecule has 0 aliphatic rings. The fourth-order valence-electron chi connectivity index (χ4n) is 1.61. The van der Waals surface area contributed by atoms with Crippen molar-refractivity contribution in [2.75, 3.05) is 7.05 Å². The van der Waals surface area contributed by atoms with Crippen LogP contribution in [0.1, 0.15) is 18.9 Å². The summed E-state index contributed by atoms with van der Waals surface area (Å²) in [6.45, 7) is 1.97. The van der Waals surface area contributed by atoms with Gasteiger partial charge in [0.25, 0.3) is 0 Å². The van der Waals surface area contributed by atoms with Crippen LogP contribution in [0.15, 0.2) is 30.3 Å². The Bertz CT molecular complexity index is 406. The van der Waals surface area contributed by atoms with E-state index in [-0.39, 0.29) is 6.61 Å². The maximum absolute atomic E-state index is 11.7.